The van der Waals surface area contributed by atoms with E-state index in [2.05, 4.69) is 9.88 Å². The number of carbonyl (C=O) groups excluding carboxylic acids is 1. The number of halogens is 1. The number of rotatable bonds is 8. The lowest BCUT2D eigenvalue weighted by Crippen LogP contribution is -2.43. The fourth-order valence-corrected chi connectivity index (χ4v) is 6.60. The summed E-state index contributed by atoms with van der Waals surface area (Å²) in [6.45, 7) is 5.25. The molecule has 2 aromatic carbocycles. The first-order chi connectivity index (χ1) is 16.6. The zero-order chi connectivity index (χ0) is 25.2. The summed E-state index contributed by atoms with van der Waals surface area (Å²) >= 11 is 1.25. The first kappa shape index (κ1) is 28.5. The van der Waals surface area contributed by atoms with Gasteiger partial charge < -0.3 is 4.74 Å². The topological polar surface area (TPSA) is 114 Å². The van der Waals surface area contributed by atoms with Gasteiger partial charge in [-0.1, -0.05) is 24.3 Å². The first-order valence-corrected chi connectivity index (χ1v) is 15.5. The lowest BCUT2D eigenvalue weighted by atomic mass is 10.2. The molecule has 1 aliphatic heterocycles. The van der Waals surface area contributed by atoms with Crippen LogP contribution in [0.4, 0.5) is 5.13 Å². The molecule has 1 amide bonds. The SMILES string of the molecule is CCS(=O)(=O)c1ccc(C(=O)N(CCN2CCOCC2)c2nc3c(S(C)(=O)=O)cccc3s2)cc1.Cl. The molecule has 196 valence electrons. The number of hydrogen-bond acceptors (Lipinski definition) is 9. The number of morpholine rings is 1. The number of sulfone groups is 2. The fraction of sp³-hybridized carbons (Fsp3) is 0.391. The van der Waals surface area contributed by atoms with Crippen LogP contribution >= 0.6 is 23.7 Å². The lowest BCUT2D eigenvalue weighted by molar-refractivity contribution is 0.0391. The van der Waals surface area contributed by atoms with Crippen LogP contribution in [0.15, 0.2) is 52.3 Å². The molecule has 0 aliphatic carbocycles. The number of anilines is 1. The van der Waals surface area contributed by atoms with Crippen LogP contribution in [-0.2, 0) is 24.4 Å². The average molecular weight is 574 g/mol. The summed E-state index contributed by atoms with van der Waals surface area (Å²) in [5.74, 6) is -0.362. The molecule has 0 radical (unpaired) electrons. The number of ether oxygens (including phenoxy) is 1. The molecule has 13 heteroatoms. The zero-order valence-electron chi connectivity index (χ0n) is 19.9. The molecule has 3 aromatic rings. The van der Waals surface area contributed by atoms with Crippen molar-refractivity contribution in [1.29, 1.82) is 0 Å². The van der Waals surface area contributed by atoms with E-state index in [4.69, 9.17) is 4.74 Å². The van der Waals surface area contributed by atoms with Gasteiger partial charge in [0.25, 0.3) is 5.91 Å². The van der Waals surface area contributed by atoms with Crippen molar-refractivity contribution in [3.63, 3.8) is 0 Å². The fourth-order valence-electron chi connectivity index (χ4n) is 3.80. The van der Waals surface area contributed by atoms with E-state index in [1.165, 1.54) is 46.6 Å². The van der Waals surface area contributed by atoms with Crippen molar-refractivity contribution in [2.75, 3.05) is 56.3 Å². The summed E-state index contributed by atoms with van der Waals surface area (Å²) in [4.78, 5) is 22.2. The highest BCUT2D eigenvalue weighted by atomic mass is 35.5. The summed E-state index contributed by atoms with van der Waals surface area (Å²) < 4.78 is 54.9. The molecule has 9 nitrogen and oxygen atoms in total. The van der Waals surface area contributed by atoms with E-state index < -0.39 is 19.7 Å². The number of nitrogens with zero attached hydrogens (tertiary/aromatic N) is 3. The maximum atomic E-state index is 13.6. The molecular formula is C23H28ClN3O6S3. The summed E-state index contributed by atoms with van der Waals surface area (Å²) in [5, 5.41) is 0.389. The first-order valence-electron chi connectivity index (χ1n) is 11.1. The number of benzene rings is 2. The molecule has 0 spiro atoms. The molecule has 0 saturated carbocycles. The summed E-state index contributed by atoms with van der Waals surface area (Å²) in [6.07, 6.45) is 1.13. The highest BCUT2D eigenvalue weighted by Crippen LogP contribution is 2.33. The van der Waals surface area contributed by atoms with E-state index in [-0.39, 0.29) is 33.9 Å². The maximum Gasteiger partial charge on any atom is 0.260 e. The molecule has 1 fully saturated rings. The summed E-state index contributed by atoms with van der Waals surface area (Å²) in [5.41, 5.74) is 0.660. The van der Waals surface area contributed by atoms with Crippen LogP contribution in [0.3, 0.4) is 0 Å². The second-order valence-corrected chi connectivity index (χ2v) is 13.5. The van der Waals surface area contributed by atoms with Gasteiger partial charge in [-0.25, -0.2) is 21.8 Å². The number of thiazole rings is 1. The number of carbonyl (C=O) groups is 1. The molecule has 0 bridgehead atoms. The second-order valence-electron chi connectivity index (χ2n) is 8.21. The zero-order valence-corrected chi connectivity index (χ0v) is 23.2. The Labute approximate surface area is 221 Å². The number of hydrogen-bond donors (Lipinski definition) is 0. The Morgan fingerprint density at radius 3 is 2.36 bits per heavy atom. The normalized spacial score (nSPS) is 14.9. The van der Waals surface area contributed by atoms with Gasteiger partial charge in [-0.2, -0.15) is 0 Å². The van der Waals surface area contributed by atoms with Gasteiger partial charge in [0.2, 0.25) is 0 Å². The minimum atomic E-state index is -3.50. The molecule has 0 atom stereocenters. The third kappa shape index (κ3) is 6.24. The third-order valence-corrected chi connectivity index (χ3v) is 9.75. The number of fused-ring (bicyclic) bond motifs is 1. The Kier molecular flexibility index (Phi) is 9.12. The monoisotopic (exact) mass is 573 g/mol. The van der Waals surface area contributed by atoms with Crippen molar-refractivity contribution < 1.29 is 26.4 Å². The molecular weight excluding hydrogens is 546 g/mol. The van der Waals surface area contributed by atoms with Crippen LogP contribution in [0, 0.1) is 0 Å². The number of aromatic nitrogens is 1. The Morgan fingerprint density at radius 1 is 1.08 bits per heavy atom. The number of para-hydroxylation sites is 1. The number of amides is 1. The molecule has 1 saturated heterocycles. The van der Waals surface area contributed by atoms with E-state index >= 15 is 0 Å². The van der Waals surface area contributed by atoms with Crippen molar-refractivity contribution in [1.82, 2.24) is 9.88 Å². The van der Waals surface area contributed by atoms with Crippen molar-refractivity contribution in [3.8, 4) is 0 Å². The Morgan fingerprint density at radius 2 is 1.75 bits per heavy atom. The minimum absolute atomic E-state index is 0. The largest absolute Gasteiger partial charge is 0.379 e. The van der Waals surface area contributed by atoms with Gasteiger partial charge in [-0.3, -0.25) is 14.6 Å². The van der Waals surface area contributed by atoms with Gasteiger partial charge >= 0.3 is 0 Å². The molecule has 0 N–H and O–H groups in total. The Hall–Kier alpha value is -2.09. The molecule has 0 unspecified atom stereocenters. The van der Waals surface area contributed by atoms with Crippen LogP contribution in [0.2, 0.25) is 0 Å². The van der Waals surface area contributed by atoms with Gasteiger partial charge in [-0.15, -0.1) is 12.4 Å². The Bertz CT molecular complexity index is 1430. The van der Waals surface area contributed by atoms with Crippen LogP contribution in [-0.4, -0.2) is 84.0 Å². The van der Waals surface area contributed by atoms with Crippen LogP contribution in [0.5, 0.6) is 0 Å². The highest BCUT2D eigenvalue weighted by molar-refractivity contribution is 7.91. The van der Waals surface area contributed by atoms with Crippen molar-refractivity contribution >= 4 is 64.7 Å². The molecule has 2 heterocycles. The Balaban J connectivity index is 0.00000361. The predicted octanol–water partition coefficient (Wildman–Crippen LogP) is 2.89. The maximum absolute atomic E-state index is 13.6. The van der Waals surface area contributed by atoms with Crippen LogP contribution in [0.1, 0.15) is 17.3 Å². The van der Waals surface area contributed by atoms with Gasteiger partial charge in [0.05, 0.1) is 33.5 Å². The van der Waals surface area contributed by atoms with Gasteiger partial charge in [0.15, 0.2) is 24.8 Å². The quantitative estimate of drug-likeness (QED) is 0.404. The average Bonchev–Trinajstić information content (AvgIpc) is 3.28. The van der Waals surface area contributed by atoms with E-state index in [0.29, 0.717) is 47.2 Å². The standard InChI is InChI=1S/C23H27N3O6S3.ClH/c1-3-35(30,31)18-9-7-17(8-10-18)22(27)26(12-11-25-13-15-32-16-14-25)23-24-21-19(33-23)5-4-6-20(21)34(2,28)29;/h4-10H,3,11-16H2,1-2H3;1H. The van der Waals surface area contributed by atoms with Crippen molar-refractivity contribution in [2.45, 2.75) is 16.7 Å². The molecule has 4 rings (SSSR count). The van der Waals surface area contributed by atoms with E-state index in [1.54, 1.807) is 19.1 Å². The smallest absolute Gasteiger partial charge is 0.260 e. The van der Waals surface area contributed by atoms with Gasteiger partial charge in [0, 0.05) is 38.0 Å². The van der Waals surface area contributed by atoms with E-state index in [0.717, 1.165) is 19.3 Å². The van der Waals surface area contributed by atoms with E-state index in [1.807, 2.05) is 0 Å². The minimum Gasteiger partial charge on any atom is -0.379 e. The molecule has 1 aliphatic rings. The lowest BCUT2D eigenvalue weighted by Gasteiger charge is -2.29. The molecule has 36 heavy (non-hydrogen) atoms. The van der Waals surface area contributed by atoms with E-state index in [9.17, 15) is 21.6 Å². The van der Waals surface area contributed by atoms with Crippen molar-refractivity contribution in [3.05, 3.63) is 48.0 Å². The third-order valence-electron chi connectivity index (χ3n) is 5.83. The highest BCUT2D eigenvalue weighted by Gasteiger charge is 2.25. The van der Waals surface area contributed by atoms with Crippen LogP contribution < -0.4 is 4.90 Å². The van der Waals surface area contributed by atoms with Gasteiger partial charge in [0.1, 0.15) is 5.52 Å². The predicted molar refractivity (Wildman–Crippen MR) is 143 cm³/mol. The van der Waals surface area contributed by atoms with Crippen molar-refractivity contribution in [2.24, 2.45) is 0 Å². The summed E-state index contributed by atoms with van der Waals surface area (Å²) in [7, 11) is -6.89. The molecule has 1 aromatic heterocycles. The van der Waals surface area contributed by atoms with Crippen LogP contribution in [0.25, 0.3) is 10.2 Å². The second kappa shape index (κ2) is 11.5. The van der Waals surface area contributed by atoms with Gasteiger partial charge in [-0.05, 0) is 36.4 Å². The summed E-state index contributed by atoms with van der Waals surface area (Å²) in [6, 6.07) is 10.8.